The standard InChI is InChI=1S/C16H16ClN3O3/c1-3-7-20(16(22)12-5-4-6-13(17)9-12)10-15(21)18-14-8-11(2)23-19-14/h3-6,8-9H,1,7,10H2,2H3,(H,18,19,21). The average molecular weight is 334 g/mol. The van der Waals surface area contributed by atoms with Gasteiger partial charge in [0, 0.05) is 23.2 Å². The first-order chi connectivity index (χ1) is 11.0. The van der Waals surface area contributed by atoms with Gasteiger partial charge in [0.1, 0.15) is 12.3 Å². The molecule has 0 aliphatic rings. The van der Waals surface area contributed by atoms with Gasteiger partial charge >= 0.3 is 0 Å². The minimum atomic E-state index is -0.379. The first kappa shape index (κ1) is 16.8. The summed E-state index contributed by atoms with van der Waals surface area (Å²) in [7, 11) is 0. The summed E-state index contributed by atoms with van der Waals surface area (Å²) in [6, 6.07) is 8.15. The van der Waals surface area contributed by atoms with Crippen LogP contribution in [0.4, 0.5) is 5.82 Å². The fourth-order valence-electron chi connectivity index (χ4n) is 1.96. The number of aryl methyl sites for hydroxylation is 1. The van der Waals surface area contributed by atoms with Crippen molar-refractivity contribution in [1.29, 1.82) is 0 Å². The summed E-state index contributed by atoms with van der Waals surface area (Å²) in [5.74, 6) is 0.203. The van der Waals surface area contributed by atoms with Gasteiger partial charge in [0.25, 0.3) is 5.91 Å². The van der Waals surface area contributed by atoms with Crippen LogP contribution in [0.25, 0.3) is 0 Å². The van der Waals surface area contributed by atoms with Crippen molar-refractivity contribution in [2.75, 3.05) is 18.4 Å². The summed E-state index contributed by atoms with van der Waals surface area (Å²) >= 11 is 5.90. The molecule has 2 aromatic rings. The molecule has 2 amide bonds. The second-order valence-corrected chi connectivity index (χ2v) is 5.29. The molecule has 0 saturated carbocycles. The number of amides is 2. The zero-order chi connectivity index (χ0) is 16.8. The normalized spacial score (nSPS) is 10.2. The number of carbonyl (C=O) groups excluding carboxylic acids is 2. The zero-order valence-electron chi connectivity index (χ0n) is 12.6. The van der Waals surface area contributed by atoms with Gasteiger partial charge in [0.05, 0.1) is 0 Å². The third kappa shape index (κ3) is 4.69. The number of nitrogens with one attached hydrogen (secondary N) is 1. The van der Waals surface area contributed by atoms with E-state index in [0.29, 0.717) is 22.2 Å². The molecular weight excluding hydrogens is 318 g/mol. The molecule has 0 spiro atoms. The number of hydrogen-bond donors (Lipinski definition) is 1. The van der Waals surface area contributed by atoms with Gasteiger partial charge in [0.2, 0.25) is 5.91 Å². The molecule has 0 bridgehead atoms. The Hall–Kier alpha value is -2.60. The molecule has 2 rings (SSSR count). The Morgan fingerprint density at radius 2 is 2.22 bits per heavy atom. The van der Waals surface area contributed by atoms with E-state index in [-0.39, 0.29) is 24.9 Å². The van der Waals surface area contributed by atoms with Crippen LogP contribution >= 0.6 is 11.6 Å². The Bertz CT molecular complexity index is 727. The quantitative estimate of drug-likeness (QED) is 0.825. The van der Waals surface area contributed by atoms with Crippen LogP contribution in [0.5, 0.6) is 0 Å². The molecule has 0 saturated heterocycles. The number of carbonyl (C=O) groups is 2. The van der Waals surface area contributed by atoms with E-state index in [1.54, 1.807) is 43.3 Å². The topological polar surface area (TPSA) is 75.4 Å². The highest BCUT2D eigenvalue weighted by molar-refractivity contribution is 6.31. The van der Waals surface area contributed by atoms with Crippen molar-refractivity contribution in [2.45, 2.75) is 6.92 Å². The summed E-state index contributed by atoms with van der Waals surface area (Å²) in [4.78, 5) is 25.9. The fraction of sp³-hybridized carbons (Fsp3) is 0.188. The highest BCUT2D eigenvalue weighted by Gasteiger charge is 2.18. The number of benzene rings is 1. The molecule has 1 N–H and O–H groups in total. The van der Waals surface area contributed by atoms with Crippen LogP contribution in [0.2, 0.25) is 5.02 Å². The predicted molar refractivity (Wildman–Crippen MR) is 87.4 cm³/mol. The van der Waals surface area contributed by atoms with E-state index in [4.69, 9.17) is 16.1 Å². The molecule has 1 aromatic carbocycles. The van der Waals surface area contributed by atoms with Crippen molar-refractivity contribution in [3.8, 4) is 0 Å². The molecule has 0 aliphatic heterocycles. The summed E-state index contributed by atoms with van der Waals surface area (Å²) in [6.07, 6.45) is 1.55. The van der Waals surface area contributed by atoms with E-state index in [1.807, 2.05) is 0 Å². The van der Waals surface area contributed by atoms with E-state index in [2.05, 4.69) is 17.1 Å². The molecule has 0 aliphatic carbocycles. The molecule has 0 unspecified atom stereocenters. The number of rotatable bonds is 6. The van der Waals surface area contributed by atoms with Crippen molar-refractivity contribution in [1.82, 2.24) is 10.1 Å². The van der Waals surface area contributed by atoms with Crippen LogP contribution in [0.1, 0.15) is 16.1 Å². The number of hydrogen-bond acceptors (Lipinski definition) is 4. The Kier molecular flexibility index (Phi) is 5.54. The van der Waals surface area contributed by atoms with Crippen LogP contribution in [0, 0.1) is 6.92 Å². The van der Waals surface area contributed by atoms with Gasteiger partial charge in [-0.3, -0.25) is 9.59 Å². The molecule has 23 heavy (non-hydrogen) atoms. The van der Waals surface area contributed by atoms with E-state index >= 15 is 0 Å². The Morgan fingerprint density at radius 1 is 1.43 bits per heavy atom. The zero-order valence-corrected chi connectivity index (χ0v) is 13.3. The highest BCUT2D eigenvalue weighted by Crippen LogP contribution is 2.13. The van der Waals surface area contributed by atoms with Gasteiger partial charge in [-0.05, 0) is 25.1 Å². The Balaban J connectivity index is 2.07. The van der Waals surface area contributed by atoms with Crippen LogP contribution < -0.4 is 5.32 Å². The maximum atomic E-state index is 12.5. The lowest BCUT2D eigenvalue weighted by molar-refractivity contribution is -0.116. The number of anilines is 1. The minimum Gasteiger partial charge on any atom is -0.360 e. The number of halogens is 1. The van der Waals surface area contributed by atoms with Crippen LogP contribution in [-0.4, -0.2) is 35.0 Å². The Morgan fingerprint density at radius 3 is 2.83 bits per heavy atom. The van der Waals surface area contributed by atoms with Crippen molar-refractivity contribution in [2.24, 2.45) is 0 Å². The van der Waals surface area contributed by atoms with Crippen molar-refractivity contribution < 1.29 is 14.1 Å². The predicted octanol–water partition coefficient (Wildman–Crippen LogP) is 2.90. The highest BCUT2D eigenvalue weighted by atomic mass is 35.5. The molecule has 120 valence electrons. The van der Waals surface area contributed by atoms with Gasteiger partial charge in [0.15, 0.2) is 5.82 Å². The van der Waals surface area contributed by atoms with Gasteiger partial charge in [-0.15, -0.1) is 6.58 Å². The lowest BCUT2D eigenvalue weighted by Gasteiger charge is -2.20. The second kappa shape index (κ2) is 7.60. The lowest BCUT2D eigenvalue weighted by atomic mass is 10.2. The lowest BCUT2D eigenvalue weighted by Crippen LogP contribution is -2.38. The SMILES string of the molecule is C=CCN(CC(=O)Nc1cc(C)on1)C(=O)c1cccc(Cl)c1. The smallest absolute Gasteiger partial charge is 0.254 e. The number of nitrogens with zero attached hydrogens (tertiary/aromatic N) is 2. The van der Waals surface area contributed by atoms with Crippen LogP contribution in [-0.2, 0) is 4.79 Å². The van der Waals surface area contributed by atoms with Gasteiger partial charge in [-0.25, -0.2) is 0 Å². The Labute approximate surface area is 138 Å². The van der Waals surface area contributed by atoms with Crippen molar-refractivity contribution >= 4 is 29.2 Å². The maximum absolute atomic E-state index is 12.5. The van der Waals surface area contributed by atoms with Crippen molar-refractivity contribution in [3.05, 3.63) is 59.3 Å². The average Bonchev–Trinajstić information content (AvgIpc) is 2.91. The summed E-state index contributed by atoms with van der Waals surface area (Å²) in [5.41, 5.74) is 0.407. The third-order valence-corrected chi connectivity index (χ3v) is 3.17. The molecule has 0 radical (unpaired) electrons. The van der Waals surface area contributed by atoms with Crippen LogP contribution in [0.15, 0.2) is 47.5 Å². The molecule has 0 atom stereocenters. The first-order valence-electron chi connectivity index (χ1n) is 6.88. The van der Waals surface area contributed by atoms with Gasteiger partial charge in [-0.1, -0.05) is 28.9 Å². The summed E-state index contributed by atoms with van der Waals surface area (Å²) in [5, 5.41) is 6.70. The van der Waals surface area contributed by atoms with Gasteiger partial charge in [-0.2, -0.15) is 0 Å². The molecule has 7 heteroatoms. The molecule has 1 heterocycles. The van der Waals surface area contributed by atoms with Crippen LogP contribution in [0.3, 0.4) is 0 Å². The van der Waals surface area contributed by atoms with Crippen molar-refractivity contribution in [3.63, 3.8) is 0 Å². The maximum Gasteiger partial charge on any atom is 0.254 e. The summed E-state index contributed by atoms with van der Waals surface area (Å²) < 4.78 is 4.87. The largest absolute Gasteiger partial charge is 0.360 e. The molecule has 1 aromatic heterocycles. The first-order valence-corrected chi connectivity index (χ1v) is 7.26. The number of aromatic nitrogens is 1. The minimum absolute atomic E-state index is 0.136. The van der Waals surface area contributed by atoms with E-state index in [0.717, 1.165) is 0 Å². The molecule has 6 nitrogen and oxygen atoms in total. The summed E-state index contributed by atoms with van der Waals surface area (Å²) in [6.45, 7) is 5.42. The van der Waals surface area contributed by atoms with E-state index < -0.39 is 0 Å². The van der Waals surface area contributed by atoms with Gasteiger partial charge < -0.3 is 14.7 Å². The molecular formula is C16H16ClN3O3. The third-order valence-electron chi connectivity index (χ3n) is 2.94. The van der Waals surface area contributed by atoms with E-state index in [1.165, 1.54) is 4.90 Å². The second-order valence-electron chi connectivity index (χ2n) is 4.86. The fourth-order valence-corrected chi connectivity index (χ4v) is 2.15. The monoisotopic (exact) mass is 333 g/mol. The van der Waals surface area contributed by atoms with E-state index in [9.17, 15) is 9.59 Å². The molecule has 0 fully saturated rings.